The molecule has 4 heteroatoms. The Kier molecular flexibility index (Phi) is 4.69. The number of rotatable bonds is 4. The monoisotopic (exact) mass is 305 g/mol. The largest absolute Gasteiger partial charge is 0.504 e. The minimum atomic E-state index is -0.206. The number of carbonyl (C=O) groups is 1. The van der Waals surface area contributed by atoms with E-state index >= 15 is 0 Å². The van der Waals surface area contributed by atoms with E-state index in [0.29, 0.717) is 17.6 Å². The fraction of sp³-hybridized carbons (Fsp3) is 0.611. The summed E-state index contributed by atoms with van der Waals surface area (Å²) in [6, 6.07) is 5.52. The van der Waals surface area contributed by atoms with E-state index in [2.05, 4.69) is 20.8 Å². The number of primary amides is 1. The first-order valence-corrected chi connectivity index (χ1v) is 7.95. The van der Waals surface area contributed by atoms with Crippen LogP contribution in [-0.2, 0) is 10.2 Å². The van der Waals surface area contributed by atoms with Gasteiger partial charge in [0, 0.05) is 5.92 Å². The van der Waals surface area contributed by atoms with Gasteiger partial charge >= 0.3 is 0 Å². The Balaban J connectivity index is 2.31. The molecule has 1 aliphatic rings. The first-order valence-electron chi connectivity index (χ1n) is 7.95. The summed E-state index contributed by atoms with van der Waals surface area (Å²) in [4.78, 5) is 11.9. The third kappa shape index (κ3) is 3.06. The van der Waals surface area contributed by atoms with Gasteiger partial charge in [0.15, 0.2) is 11.5 Å². The summed E-state index contributed by atoms with van der Waals surface area (Å²) in [6.07, 6.45) is 2.71. The SMILES string of the molecule is COc1ccc(C2(C)CCC(C(C)C)C(C(N)=O)C2)cc1O. The number of carbonyl (C=O) groups excluding carboxylic acids is 1. The van der Waals surface area contributed by atoms with Crippen molar-refractivity contribution < 1.29 is 14.6 Å². The lowest BCUT2D eigenvalue weighted by Crippen LogP contribution is -2.42. The lowest BCUT2D eigenvalue weighted by atomic mass is 9.61. The molecule has 22 heavy (non-hydrogen) atoms. The number of hydrogen-bond donors (Lipinski definition) is 2. The smallest absolute Gasteiger partial charge is 0.220 e. The van der Waals surface area contributed by atoms with Crippen LogP contribution in [0.2, 0.25) is 0 Å². The maximum atomic E-state index is 11.9. The van der Waals surface area contributed by atoms with Crippen LogP contribution in [0.4, 0.5) is 0 Å². The molecule has 122 valence electrons. The highest BCUT2D eigenvalue weighted by atomic mass is 16.5. The minimum Gasteiger partial charge on any atom is -0.504 e. The predicted molar refractivity (Wildman–Crippen MR) is 86.9 cm³/mol. The number of hydrogen-bond acceptors (Lipinski definition) is 3. The number of nitrogens with two attached hydrogens (primary N) is 1. The van der Waals surface area contributed by atoms with E-state index in [-0.39, 0.29) is 23.0 Å². The van der Waals surface area contributed by atoms with Gasteiger partial charge in [0.05, 0.1) is 7.11 Å². The van der Waals surface area contributed by atoms with Gasteiger partial charge in [-0.15, -0.1) is 0 Å². The fourth-order valence-electron chi connectivity index (χ4n) is 3.86. The summed E-state index contributed by atoms with van der Waals surface area (Å²) in [5.74, 6) is 1.09. The fourth-order valence-corrected chi connectivity index (χ4v) is 3.86. The van der Waals surface area contributed by atoms with E-state index in [1.54, 1.807) is 12.1 Å². The van der Waals surface area contributed by atoms with Gasteiger partial charge in [-0.3, -0.25) is 4.79 Å². The van der Waals surface area contributed by atoms with E-state index in [1.165, 1.54) is 7.11 Å². The molecule has 3 atom stereocenters. The van der Waals surface area contributed by atoms with Crippen molar-refractivity contribution in [3.8, 4) is 11.5 Å². The highest BCUT2D eigenvalue weighted by Crippen LogP contribution is 2.47. The maximum Gasteiger partial charge on any atom is 0.220 e. The van der Waals surface area contributed by atoms with E-state index in [1.807, 2.05) is 6.07 Å². The van der Waals surface area contributed by atoms with Gasteiger partial charge in [0.1, 0.15) is 0 Å². The Labute approximate surface area is 132 Å². The molecule has 0 bridgehead atoms. The zero-order valence-corrected chi connectivity index (χ0v) is 13.9. The molecule has 3 N–H and O–H groups in total. The molecule has 1 fully saturated rings. The molecule has 0 heterocycles. The Morgan fingerprint density at radius 2 is 2.14 bits per heavy atom. The number of phenolic OH excluding ortho intramolecular Hbond substituents is 1. The first kappa shape index (κ1) is 16.7. The number of aromatic hydroxyl groups is 1. The third-order valence-electron chi connectivity index (χ3n) is 5.31. The Morgan fingerprint density at radius 1 is 1.45 bits per heavy atom. The summed E-state index contributed by atoms with van der Waals surface area (Å²) in [5, 5.41) is 10.0. The summed E-state index contributed by atoms with van der Waals surface area (Å²) in [5.41, 5.74) is 6.56. The second-order valence-electron chi connectivity index (χ2n) is 7.11. The van der Waals surface area contributed by atoms with Gasteiger partial charge in [0.25, 0.3) is 0 Å². The normalized spacial score (nSPS) is 28.6. The number of phenols is 1. The van der Waals surface area contributed by atoms with Crippen molar-refractivity contribution in [3.63, 3.8) is 0 Å². The van der Waals surface area contributed by atoms with Crippen LogP contribution in [0, 0.1) is 17.8 Å². The van der Waals surface area contributed by atoms with Crippen LogP contribution >= 0.6 is 0 Å². The molecule has 1 amide bonds. The molecule has 2 rings (SSSR count). The minimum absolute atomic E-state index is 0.108. The van der Waals surface area contributed by atoms with Gasteiger partial charge in [-0.05, 0) is 54.2 Å². The standard InChI is InChI=1S/C18H27NO3/c1-11(2)13-7-8-18(3,10-14(13)17(19)21)12-5-6-16(22-4)15(20)9-12/h5-6,9,11,13-14,20H,7-8,10H2,1-4H3,(H2,19,21). The summed E-state index contributed by atoms with van der Waals surface area (Å²) in [7, 11) is 1.54. The van der Waals surface area contributed by atoms with Crippen LogP contribution in [0.15, 0.2) is 18.2 Å². The molecule has 1 saturated carbocycles. The van der Waals surface area contributed by atoms with Crippen LogP contribution < -0.4 is 10.5 Å². The highest BCUT2D eigenvalue weighted by molar-refractivity contribution is 5.77. The maximum absolute atomic E-state index is 11.9. The number of ether oxygens (including phenoxy) is 1. The lowest BCUT2D eigenvalue weighted by Gasteiger charge is -2.43. The van der Waals surface area contributed by atoms with Gasteiger partial charge < -0.3 is 15.6 Å². The molecule has 0 radical (unpaired) electrons. The first-order chi connectivity index (χ1) is 10.3. The summed E-state index contributed by atoms with van der Waals surface area (Å²) in [6.45, 7) is 6.46. The third-order valence-corrected chi connectivity index (χ3v) is 5.31. The lowest BCUT2D eigenvalue weighted by molar-refractivity contribution is -0.126. The van der Waals surface area contributed by atoms with Crippen LogP contribution in [0.25, 0.3) is 0 Å². The molecule has 4 nitrogen and oxygen atoms in total. The topological polar surface area (TPSA) is 72.5 Å². The second-order valence-corrected chi connectivity index (χ2v) is 7.11. The molecular weight excluding hydrogens is 278 g/mol. The van der Waals surface area contributed by atoms with Gasteiger partial charge in [-0.25, -0.2) is 0 Å². The van der Waals surface area contributed by atoms with Gasteiger partial charge in [-0.1, -0.05) is 26.8 Å². The average molecular weight is 305 g/mol. The summed E-state index contributed by atoms with van der Waals surface area (Å²) >= 11 is 0. The highest BCUT2D eigenvalue weighted by Gasteiger charge is 2.42. The molecule has 0 aliphatic heterocycles. The average Bonchev–Trinajstić information content (AvgIpc) is 2.46. The van der Waals surface area contributed by atoms with Crippen molar-refractivity contribution in [2.24, 2.45) is 23.5 Å². The molecule has 1 aromatic carbocycles. The van der Waals surface area contributed by atoms with Crippen molar-refractivity contribution in [1.82, 2.24) is 0 Å². The van der Waals surface area contributed by atoms with E-state index in [9.17, 15) is 9.90 Å². The number of benzene rings is 1. The Morgan fingerprint density at radius 3 is 2.64 bits per heavy atom. The Hall–Kier alpha value is -1.71. The van der Waals surface area contributed by atoms with E-state index in [0.717, 1.165) is 24.8 Å². The molecule has 0 spiro atoms. The zero-order chi connectivity index (χ0) is 16.5. The van der Waals surface area contributed by atoms with Crippen molar-refractivity contribution in [2.45, 2.75) is 45.4 Å². The zero-order valence-electron chi connectivity index (χ0n) is 13.9. The van der Waals surface area contributed by atoms with Crippen LogP contribution in [0.3, 0.4) is 0 Å². The van der Waals surface area contributed by atoms with Gasteiger partial charge in [0.2, 0.25) is 5.91 Å². The number of methoxy groups -OCH3 is 1. The summed E-state index contributed by atoms with van der Waals surface area (Å²) < 4.78 is 5.10. The molecule has 0 aromatic heterocycles. The van der Waals surface area contributed by atoms with E-state index < -0.39 is 0 Å². The van der Waals surface area contributed by atoms with E-state index in [4.69, 9.17) is 10.5 Å². The molecular formula is C18H27NO3. The molecule has 1 aromatic rings. The van der Waals surface area contributed by atoms with Crippen molar-refractivity contribution in [2.75, 3.05) is 7.11 Å². The quantitative estimate of drug-likeness (QED) is 0.897. The van der Waals surface area contributed by atoms with Crippen molar-refractivity contribution >= 4 is 5.91 Å². The molecule has 3 unspecified atom stereocenters. The Bertz CT molecular complexity index is 555. The second kappa shape index (κ2) is 6.19. The van der Waals surface area contributed by atoms with Crippen LogP contribution in [0.1, 0.15) is 45.6 Å². The predicted octanol–water partition coefficient (Wildman–Crippen LogP) is 3.22. The van der Waals surface area contributed by atoms with Crippen LogP contribution in [0.5, 0.6) is 11.5 Å². The number of amides is 1. The van der Waals surface area contributed by atoms with Crippen molar-refractivity contribution in [1.29, 1.82) is 0 Å². The van der Waals surface area contributed by atoms with Gasteiger partial charge in [-0.2, -0.15) is 0 Å². The molecule has 0 saturated heterocycles. The van der Waals surface area contributed by atoms with Crippen molar-refractivity contribution in [3.05, 3.63) is 23.8 Å². The molecule has 1 aliphatic carbocycles. The van der Waals surface area contributed by atoms with Crippen LogP contribution in [-0.4, -0.2) is 18.1 Å².